The largest absolute Gasteiger partial charge is 0.750 e. The lowest BCUT2D eigenvalue weighted by Gasteiger charge is -2.05. The van der Waals surface area contributed by atoms with Gasteiger partial charge >= 0.3 is 0 Å². The number of hydrogen-bond donors (Lipinski definition) is 1. The van der Waals surface area contributed by atoms with Crippen molar-refractivity contribution in [1.82, 2.24) is 0 Å². The minimum atomic E-state index is -2.65. The number of unbranched alkanes of at least 4 members (excludes halogenated alkanes) is 5. The second-order valence-corrected chi connectivity index (χ2v) is 5.90. The topological polar surface area (TPSA) is 69.6 Å². The van der Waals surface area contributed by atoms with Gasteiger partial charge in [0.05, 0.1) is 11.4 Å². The summed E-state index contributed by atoms with van der Waals surface area (Å²) >= 11 is -2.65. The van der Waals surface area contributed by atoms with E-state index in [1.807, 2.05) is 18.2 Å². The van der Waals surface area contributed by atoms with Crippen molar-refractivity contribution in [1.29, 1.82) is 0 Å². The molecule has 0 aliphatic carbocycles. The Morgan fingerprint density at radius 1 is 1.00 bits per heavy atom. The normalized spacial score (nSPS) is 11.6. The minimum Gasteiger partial charge on any atom is -0.750 e. The van der Waals surface area contributed by atoms with Crippen LogP contribution in [-0.4, -0.2) is 26.6 Å². The fourth-order valence-electron chi connectivity index (χ4n) is 1.66. The van der Waals surface area contributed by atoms with Crippen LogP contribution in [0.2, 0.25) is 0 Å². The van der Waals surface area contributed by atoms with Crippen molar-refractivity contribution >= 4 is 11.4 Å². The van der Waals surface area contributed by atoms with Crippen LogP contribution in [0.4, 0.5) is 0 Å². The van der Waals surface area contributed by atoms with E-state index in [2.05, 4.69) is 57.5 Å². The Hall–Kier alpha value is -2.69. The van der Waals surface area contributed by atoms with Gasteiger partial charge < -0.3 is 9.66 Å². The Bertz CT molecular complexity index is 802. The van der Waals surface area contributed by atoms with Crippen LogP contribution >= 0.6 is 0 Å². The predicted molar refractivity (Wildman–Crippen MR) is 111 cm³/mol. The number of hydrogen-bond acceptors (Lipinski definition) is 4. The summed E-state index contributed by atoms with van der Waals surface area (Å²) < 4.78 is 24.4. The van der Waals surface area contributed by atoms with Crippen LogP contribution in [0.25, 0.3) is 0 Å². The SMILES string of the molecule is C#C/C=C\CCCC/C=C\C#CC#CCCCC#CC#C[C@@H](O)COS(=O)[O-]. The van der Waals surface area contributed by atoms with Gasteiger partial charge in [0.15, 0.2) is 0 Å². The van der Waals surface area contributed by atoms with Gasteiger partial charge in [-0.15, -0.1) is 6.42 Å². The predicted octanol–water partition coefficient (Wildman–Crippen LogP) is 2.65. The molecule has 0 amide bonds. The van der Waals surface area contributed by atoms with Gasteiger partial charge in [-0.2, -0.15) is 0 Å². The molecule has 1 N–H and O–H groups in total. The average Bonchev–Trinajstić information content (AvgIpc) is 2.68. The quantitative estimate of drug-likeness (QED) is 0.351. The first-order chi connectivity index (χ1) is 13.7. The molecule has 0 aromatic rings. The molecule has 4 nitrogen and oxygen atoms in total. The fraction of sp³-hybridized carbons (Fsp3) is 0.391. The van der Waals surface area contributed by atoms with Gasteiger partial charge in [0.2, 0.25) is 0 Å². The van der Waals surface area contributed by atoms with Crippen LogP contribution in [0.3, 0.4) is 0 Å². The molecule has 0 aliphatic heterocycles. The van der Waals surface area contributed by atoms with Crippen LogP contribution in [0.1, 0.15) is 44.9 Å². The summed E-state index contributed by atoms with van der Waals surface area (Å²) in [5.41, 5.74) is 0. The summed E-state index contributed by atoms with van der Waals surface area (Å²) in [5, 5.41) is 9.26. The molecule has 0 radical (unpaired) electrons. The maximum absolute atomic E-state index is 10.1. The first-order valence-electron chi connectivity index (χ1n) is 8.80. The summed E-state index contributed by atoms with van der Waals surface area (Å²) in [6.45, 7) is -0.401. The lowest BCUT2D eigenvalue weighted by molar-refractivity contribution is 0.152. The monoisotopic (exact) mass is 395 g/mol. The van der Waals surface area contributed by atoms with E-state index >= 15 is 0 Å². The fourth-order valence-corrected chi connectivity index (χ4v) is 1.90. The number of rotatable bonds is 10. The summed E-state index contributed by atoms with van der Waals surface area (Å²) in [7, 11) is 0. The van der Waals surface area contributed by atoms with Crippen molar-refractivity contribution in [2.45, 2.75) is 51.0 Å². The van der Waals surface area contributed by atoms with Crippen LogP contribution in [0, 0.1) is 59.7 Å². The van der Waals surface area contributed by atoms with Gasteiger partial charge in [-0.25, -0.2) is 4.21 Å². The number of terminal acetylenes is 1. The first-order valence-corrected chi connectivity index (χ1v) is 9.80. The zero-order valence-corrected chi connectivity index (χ0v) is 16.5. The molecule has 0 spiro atoms. The smallest absolute Gasteiger partial charge is 0.140 e. The Morgan fingerprint density at radius 3 is 2.29 bits per heavy atom. The van der Waals surface area contributed by atoms with Gasteiger partial charge in [0, 0.05) is 12.8 Å². The molecule has 0 aromatic heterocycles. The Balaban J connectivity index is 3.76. The molecule has 28 heavy (non-hydrogen) atoms. The molecule has 0 saturated heterocycles. The Morgan fingerprint density at radius 2 is 1.64 bits per heavy atom. The van der Waals surface area contributed by atoms with Crippen molar-refractivity contribution < 1.29 is 18.1 Å². The molecular formula is C23H23O4S-. The van der Waals surface area contributed by atoms with E-state index in [4.69, 9.17) is 6.42 Å². The summed E-state index contributed by atoms with van der Waals surface area (Å²) in [5.74, 6) is 24.1. The third-order valence-corrected chi connectivity index (χ3v) is 3.27. The van der Waals surface area contributed by atoms with Gasteiger partial charge in [-0.05, 0) is 67.9 Å². The summed E-state index contributed by atoms with van der Waals surface area (Å²) in [6.07, 6.45) is 17.9. The van der Waals surface area contributed by atoms with Crippen molar-refractivity contribution in [3.05, 3.63) is 24.3 Å². The molecule has 1 unspecified atom stereocenters. The van der Waals surface area contributed by atoms with Crippen LogP contribution in [0.5, 0.6) is 0 Å². The Kier molecular flexibility index (Phi) is 18.6. The van der Waals surface area contributed by atoms with E-state index in [0.717, 1.165) is 32.1 Å². The third-order valence-electron chi connectivity index (χ3n) is 2.95. The lowest BCUT2D eigenvalue weighted by Crippen LogP contribution is -2.13. The van der Waals surface area contributed by atoms with Crippen molar-refractivity contribution in [2.24, 2.45) is 0 Å². The molecule has 0 saturated carbocycles. The van der Waals surface area contributed by atoms with E-state index in [-0.39, 0.29) is 0 Å². The zero-order valence-electron chi connectivity index (χ0n) is 15.7. The van der Waals surface area contributed by atoms with E-state index in [1.54, 1.807) is 6.08 Å². The standard InChI is InChI=1S/C23H24O4S/c1-2-3-4-5-6-7-8-9-10-11-12-13-14-15-16-17-18-19-20-21-23(24)22-27-28(25)26/h1,3-4,9-10,23-24H,5-8,15-17,22H2,(H,25,26)/p-1/b4-3-,10-9-/t23-/m1/s1. The molecule has 0 heterocycles. The number of aliphatic hydroxyl groups is 1. The van der Waals surface area contributed by atoms with Crippen molar-refractivity contribution in [2.75, 3.05) is 6.61 Å². The Labute approximate surface area is 171 Å². The molecule has 146 valence electrons. The second-order valence-electron chi connectivity index (χ2n) is 5.26. The molecule has 0 aromatic carbocycles. The van der Waals surface area contributed by atoms with Gasteiger partial charge in [-0.1, -0.05) is 41.8 Å². The highest BCUT2D eigenvalue weighted by molar-refractivity contribution is 7.74. The molecular weight excluding hydrogens is 372 g/mol. The highest BCUT2D eigenvalue weighted by Crippen LogP contribution is 2.01. The van der Waals surface area contributed by atoms with Crippen LogP contribution < -0.4 is 0 Å². The first kappa shape index (κ1) is 25.3. The van der Waals surface area contributed by atoms with Gasteiger partial charge in [-0.3, -0.25) is 4.18 Å². The lowest BCUT2D eigenvalue weighted by atomic mass is 10.2. The molecule has 0 bridgehead atoms. The van der Waals surface area contributed by atoms with Crippen LogP contribution in [0.15, 0.2) is 24.3 Å². The van der Waals surface area contributed by atoms with E-state index < -0.39 is 24.1 Å². The second kappa shape index (κ2) is 20.6. The average molecular weight is 396 g/mol. The highest BCUT2D eigenvalue weighted by Gasteiger charge is 1.97. The maximum atomic E-state index is 10.1. The molecule has 0 aliphatic rings. The summed E-state index contributed by atoms with van der Waals surface area (Å²) in [4.78, 5) is 0. The number of aliphatic hydroxyl groups excluding tert-OH is 1. The van der Waals surface area contributed by atoms with Crippen molar-refractivity contribution in [3.8, 4) is 59.7 Å². The highest BCUT2D eigenvalue weighted by atomic mass is 32.2. The van der Waals surface area contributed by atoms with E-state index in [1.165, 1.54) is 0 Å². The third kappa shape index (κ3) is 21.4. The zero-order chi connectivity index (χ0) is 20.7. The molecule has 0 fully saturated rings. The summed E-state index contributed by atoms with van der Waals surface area (Å²) in [6, 6.07) is 0. The van der Waals surface area contributed by atoms with Gasteiger partial charge in [0.1, 0.15) is 12.7 Å². The van der Waals surface area contributed by atoms with Crippen LogP contribution in [-0.2, 0) is 15.5 Å². The van der Waals surface area contributed by atoms with E-state index in [0.29, 0.717) is 12.8 Å². The molecule has 2 atom stereocenters. The minimum absolute atomic E-state index is 0.401. The van der Waals surface area contributed by atoms with E-state index in [9.17, 15) is 13.9 Å². The maximum Gasteiger partial charge on any atom is 0.140 e. The van der Waals surface area contributed by atoms with Gasteiger partial charge in [0.25, 0.3) is 0 Å². The number of allylic oxidation sites excluding steroid dienone is 4. The molecule has 0 rings (SSSR count). The van der Waals surface area contributed by atoms with Crippen molar-refractivity contribution in [3.63, 3.8) is 0 Å². The molecule has 5 heteroatoms.